The number of rotatable bonds is 7. The van der Waals surface area contributed by atoms with E-state index in [-0.39, 0.29) is 11.1 Å². The molecule has 0 unspecified atom stereocenters. The van der Waals surface area contributed by atoms with Gasteiger partial charge in [0, 0.05) is 11.6 Å². The fraction of sp³-hybridized carbons (Fsp3) is 0.280. The van der Waals surface area contributed by atoms with Crippen LogP contribution in [0.25, 0.3) is 0 Å². The van der Waals surface area contributed by atoms with E-state index in [4.69, 9.17) is 4.74 Å². The SMILES string of the molecule is COc1cccc(C(=O)CN(C(=O)c2ccccc2[N+](=O)[O-])N2C(=O)[C@H]3CC=C(C)C[C@@H]3C2=O)c1. The smallest absolute Gasteiger partial charge is 0.282 e. The molecule has 10 nitrogen and oxygen atoms in total. The highest BCUT2D eigenvalue weighted by molar-refractivity contribution is 6.10. The molecule has 1 saturated heterocycles. The van der Waals surface area contributed by atoms with Gasteiger partial charge in [0.05, 0.1) is 23.9 Å². The summed E-state index contributed by atoms with van der Waals surface area (Å²) in [5.41, 5.74) is 0.322. The molecule has 0 aromatic heterocycles. The van der Waals surface area contributed by atoms with Crippen LogP contribution in [0.4, 0.5) is 5.69 Å². The van der Waals surface area contributed by atoms with Gasteiger partial charge < -0.3 is 4.74 Å². The van der Waals surface area contributed by atoms with Crippen molar-refractivity contribution >= 4 is 29.2 Å². The van der Waals surface area contributed by atoms with Gasteiger partial charge in [-0.3, -0.25) is 29.3 Å². The molecule has 2 aromatic rings. The number of methoxy groups -OCH3 is 1. The average Bonchev–Trinajstić information content (AvgIpc) is 3.10. The lowest BCUT2D eigenvalue weighted by Gasteiger charge is -2.30. The fourth-order valence-electron chi connectivity index (χ4n) is 4.47. The van der Waals surface area contributed by atoms with Crippen LogP contribution >= 0.6 is 0 Å². The lowest BCUT2D eigenvalue weighted by molar-refractivity contribution is -0.385. The van der Waals surface area contributed by atoms with Crippen molar-refractivity contribution in [3.05, 3.63) is 81.4 Å². The maximum Gasteiger partial charge on any atom is 0.282 e. The lowest BCUT2D eigenvalue weighted by atomic mass is 9.82. The van der Waals surface area contributed by atoms with Gasteiger partial charge in [-0.2, -0.15) is 5.01 Å². The number of ketones is 1. The first kappa shape index (κ1) is 23.8. The van der Waals surface area contributed by atoms with Crippen molar-refractivity contribution < 1.29 is 28.8 Å². The summed E-state index contributed by atoms with van der Waals surface area (Å²) in [4.78, 5) is 64.2. The second kappa shape index (κ2) is 9.49. The van der Waals surface area contributed by atoms with Crippen molar-refractivity contribution in [2.45, 2.75) is 19.8 Å². The van der Waals surface area contributed by atoms with Crippen molar-refractivity contribution in [2.75, 3.05) is 13.7 Å². The van der Waals surface area contributed by atoms with E-state index in [1.807, 2.05) is 13.0 Å². The molecule has 3 amide bonds. The van der Waals surface area contributed by atoms with Crippen LogP contribution in [0.5, 0.6) is 5.75 Å². The number of nitro groups is 1. The van der Waals surface area contributed by atoms with Crippen LogP contribution in [0.3, 0.4) is 0 Å². The van der Waals surface area contributed by atoms with E-state index >= 15 is 0 Å². The van der Waals surface area contributed by atoms with E-state index in [1.165, 1.54) is 37.4 Å². The van der Waals surface area contributed by atoms with Gasteiger partial charge in [0.15, 0.2) is 5.78 Å². The molecule has 2 atom stereocenters. The number of carbonyl (C=O) groups is 4. The molecule has 2 aromatic carbocycles. The van der Waals surface area contributed by atoms with E-state index in [1.54, 1.807) is 12.1 Å². The number of amides is 3. The molecule has 0 radical (unpaired) electrons. The molecular weight excluding hydrogens is 454 g/mol. The van der Waals surface area contributed by atoms with Crippen molar-refractivity contribution in [3.8, 4) is 5.75 Å². The summed E-state index contributed by atoms with van der Waals surface area (Å²) >= 11 is 0. The molecule has 1 fully saturated rings. The Labute approximate surface area is 200 Å². The maximum absolute atomic E-state index is 13.6. The van der Waals surface area contributed by atoms with Gasteiger partial charge in [-0.1, -0.05) is 35.9 Å². The number of hydrazine groups is 1. The van der Waals surface area contributed by atoms with E-state index in [0.717, 1.165) is 16.6 Å². The zero-order chi connectivity index (χ0) is 25.3. The molecule has 2 aliphatic rings. The topological polar surface area (TPSA) is 127 Å². The van der Waals surface area contributed by atoms with E-state index in [9.17, 15) is 29.3 Å². The molecule has 1 aliphatic carbocycles. The first-order valence-corrected chi connectivity index (χ1v) is 11.0. The molecule has 1 heterocycles. The Bertz CT molecular complexity index is 1270. The zero-order valence-corrected chi connectivity index (χ0v) is 19.2. The first-order chi connectivity index (χ1) is 16.7. The van der Waals surface area contributed by atoms with Crippen molar-refractivity contribution in [1.29, 1.82) is 0 Å². The molecule has 4 rings (SSSR count). The number of ether oxygens (including phenoxy) is 1. The highest BCUT2D eigenvalue weighted by Crippen LogP contribution is 2.39. The number of imide groups is 1. The molecule has 1 aliphatic heterocycles. The third-order valence-corrected chi connectivity index (χ3v) is 6.29. The van der Waals surface area contributed by atoms with Gasteiger partial charge in [0.25, 0.3) is 23.4 Å². The number of Topliss-reactive ketones (excluding diaryl/α,β-unsaturated/α-hetero) is 1. The number of fused-ring (bicyclic) bond motifs is 1. The van der Waals surface area contributed by atoms with Crippen LogP contribution in [-0.2, 0) is 9.59 Å². The highest BCUT2D eigenvalue weighted by atomic mass is 16.6. The Hall–Kier alpha value is -4.34. The third kappa shape index (κ3) is 4.42. The van der Waals surface area contributed by atoms with Crippen LogP contribution in [-0.4, -0.2) is 52.1 Å². The maximum atomic E-state index is 13.6. The summed E-state index contributed by atoms with van der Waals surface area (Å²) in [5, 5.41) is 13.0. The summed E-state index contributed by atoms with van der Waals surface area (Å²) in [6.45, 7) is 1.20. The van der Waals surface area contributed by atoms with Crippen LogP contribution in [0.1, 0.15) is 40.5 Å². The molecule has 0 saturated carbocycles. The molecule has 35 heavy (non-hydrogen) atoms. The number of benzene rings is 2. The Morgan fingerprint density at radius 3 is 2.54 bits per heavy atom. The fourth-order valence-corrected chi connectivity index (χ4v) is 4.47. The number of allylic oxidation sites excluding steroid dienone is 2. The van der Waals surface area contributed by atoms with Crippen molar-refractivity contribution in [3.63, 3.8) is 0 Å². The van der Waals surface area contributed by atoms with E-state index in [2.05, 4.69) is 0 Å². The first-order valence-electron chi connectivity index (χ1n) is 11.0. The number of nitrogens with zero attached hydrogens (tertiary/aromatic N) is 3. The summed E-state index contributed by atoms with van der Waals surface area (Å²) in [6, 6.07) is 11.4. The summed E-state index contributed by atoms with van der Waals surface area (Å²) in [7, 11) is 1.44. The van der Waals surface area contributed by atoms with Gasteiger partial charge in [-0.25, -0.2) is 5.01 Å². The largest absolute Gasteiger partial charge is 0.497 e. The van der Waals surface area contributed by atoms with Gasteiger partial charge in [-0.05, 0) is 38.0 Å². The Kier molecular flexibility index (Phi) is 6.46. The number of hydrogen-bond donors (Lipinski definition) is 0. The summed E-state index contributed by atoms with van der Waals surface area (Å²) < 4.78 is 5.14. The quantitative estimate of drug-likeness (QED) is 0.197. The van der Waals surface area contributed by atoms with Gasteiger partial charge in [-0.15, -0.1) is 0 Å². The minimum absolute atomic E-state index is 0.193. The minimum Gasteiger partial charge on any atom is -0.497 e. The molecule has 180 valence electrons. The lowest BCUT2D eigenvalue weighted by Crippen LogP contribution is -2.52. The van der Waals surface area contributed by atoms with Crippen molar-refractivity contribution in [2.24, 2.45) is 11.8 Å². The predicted molar refractivity (Wildman–Crippen MR) is 123 cm³/mol. The molecule has 0 bridgehead atoms. The van der Waals surface area contributed by atoms with Crippen LogP contribution < -0.4 is 4.74 Å². The molecule has 0 spiro atoms. The second-order valence-corrected chi connectivity index (χ2v) is 8.48. The van der Waals surface area contributed by atoms with Crippen LogP contribution in [0.15, 0.2) is 60.2 Å². The standard InChI is InChI=1S/C25H23N3O7/c1-15-10-11-18-20(12-15)25(32)27(24(18)31)26(14-22(29)16-6-5-7-17(13-16)35-2)23(30)19-8-3-4-9-21(19)28(33)34/h3-10,13,18,20H,11-12,14H2,1-2H3/t18-,20-/m0/s1. The number of hydrogen-bond acceptors (Lipinski definition) is 7. The average molecular weight is 477 g/mol. The highest BCUT2D eigenvalue weighted by Gasteiger charge is 2.52. The van der Waals surface area contributed by atoms with E-state index < -0.39 is 52.5 Å². The van der Waals surface area contributed by atoms with Gasteiger partial charge in [0.2, 0.25) is 0 Å². The molecule has 0 N–H and O–H groups in total. The number of para-hydroxylation sites is 1. The second-order valence-electron chi connectivity index (χ2n) is 8.48. The Morgan fingerprint density at radius 2 is 1.83 bits per heavy atom. The number of nitro benzene ring substituents is 1. The predicted octanol–water partition coefficient (Wildman–Crippen LogP) is 3.18. The van der Waals surface area contributed by atoms with Crippen molar-refractivity contribution in [1.82, 2.24) is 10.0 Å². The Balaban J connectivity index is 1.75. The van der Waals surface area contributed by atoms with Crippen LogP contribution in [0, 0.1) is 22.0 Å². The van der Waals surface area contributed by atoms with E-state index in [0.29, 0.717) is 23.6 Å². The number of carbonyl (C=O) groups excluding carboxylic acids is 4. The third-order valence-electron chi connectivity index (χ3n) is 6.29. The zero-order valence-electron chi connectivity index (χ0n) is 19.2. The van der Waals surface area contributed by atoms with Gasteiger partial charge >= 0.3 is 0 Å². The van der Waals surface area contributed by atoms with Gasteiger partial charge in [0.1, 0.15) is 17.9 Å². The summed E-state index contributed by atoms with van der Waals surface area (Å²) in [5.74, 6) is -3.65. The molecular formula is C25H23N3O7. The Morgan fingerprint density at radius 1 is 1.11 bits per heavy atom. The molecule has 10 heteroatoms. The monoisotopic (exact) mass is 477 g/mol. The summed E-state index contributed by atoms with van der Waals surface area (Å²) in [6.07, 6.45) is 2.59. The minimum atomic E-state index is -0.987. The normalized spacial score (nSPS) is 19.1. The van der Waals surface area contributed by atoms with Crippen LogP contribution in [0.2, 0.25) is 0 Å².